The van der Waals surface area contributed by atoms with E-state index in [4.69, 9.17) is 15.2 Å². The molecule has 1 aromatic heterocycles. The number of nitrogens with zero attached hydrogens (tertiary/aromatic N) is 2. The van der Waals surface area contributed by atoms with Gasteiger partial charge in [0.15, 0.2) is 11.5 Å². The van der Waals surface area contributed by atoms with Crippen LogP contribution in [0.1, 0.15) is 5.56 Å². The number of hydrogen-bond acceptors (Lipinski definition) is 5. The van der Waals surface area contributed by atoms with Crippen LogP contribution in [0.5, 0.6) is 11.5 Å². The van der Waals surface area contributed by atoms with Gasteiger partial charge in [0.2, 0.25) is 0 Å². The average molecular weight is 274 g/mol. The zero-order valence-electron chi connectivity index (χ0n) is 11.4. The molecular weight excluding hydrogens is 256 g/mol. The van der Waals surface area contributed by atoms with E-state index in [0.717, 1.165) is 30.1 Å². The van der Waals surface area contributed by atoms with Crippen molar-refractivity contribution in [3.05, 3.63) is 30.1 Å². The third kappa shape index (κ3) is 2.64. The molecule has 0 amide bonds. The van der Waals surface area contributed by atoms with Crippen LogP contribution in [0.25, 0.3) is 0 Å². The first kappa shape index (κ1) is 12.7. The molecule has 1 aromatic carbocycles. The maximum Gasteiger partial charge on any atom is 0.163 e. The highest BCUT2D eigenvalue weighted by molar-refractivity contribution is 5.72. The van der Waals surface area contributed by atoms with Crippen molar-refractivity contribution in [1.29, 1.82) is 0 Å². The minimum absolute atomic E-state index is 0.567. The van der Waals surface area contributed by atoms with E-state index in [1.807, 2.05) is 30.1 Å². The van der Waals surface area contributed by atoms with E-state index in [-0.39, 0.29) is 0 Å². The summed E-state index contributed by atoms with van der Waals surface area (Å²) in [6, 6.07) is 3.69. The van der Waals surface area contributed by atoms with E-state index in [1.165, 1.54) is 0 Å². The third-order valence-corrected chi connectivity index (χ3v) is 3.13. The van der Waals surface area contributed by atoms with Gasteiger partial charge in [-0.3, -0.25) is 4.68 Å². The summed E-state index contributed by atoms with van der Waals surface area (Å²) >= 11 is 0. The van der Waals surface area contributed by atoms with Gasteiger partial charge in [-0.1, -0.05) is 0 Å². The molecule has 2 heterocycles. The van der Waals surface area contributed by atoms with E-state index in [2.05, 4.69) is 10.4 Å². The summed E-state index contributed by atoms with van der Waals surface area (Å²) < 4.78 is 12.9. The predicted octanol–water partition coefficient (Wildman–Crippen LogP) is 1.66. The first-order valence-electron chi connectivity index (χ1n) is 6.64. The Labute approximate surface area is 117 Å². The number of nitrogen functional groups attached to an aromatic ring is 1. The highest BCUT2D eigenvalue weighted by Gasteiger charge is 2.14. The fourth-order valence-corrected chi connectivity index (χ4v) is 2.15. The van der Waals surface area contributed by atoms with Gasteiger partial charge >= 0.3 is 0 Å². The highest BCUT2D eigenvalue weighted by Crippen LogP contribution is 2.36. The molecule has 1 aliphatic rings. The Balaban J connectivity index is 1.65. The van der Waals surface area contributed by atoms with Gasteiger partial charge in [-0.25, -0.2) is 0 Å². The van der Waals surface area contributed by atoms with Gasteiger partial charge in [-0.05, 0) is 12.5 Å². The summed E-state index contributed by atoms with van der Waals surface area (Å²) in [6.45, 7) is 4.68. The van der Waals surface area contributed by atoms with E-state index < -0.39 is 0 Å². The molecule has 0 fully saturated rings. The molecular formula is C14H18N4O2. The lowest BCUT2D eigenvalue weighted by Crippen LogP contribution is -2.17. The summed E-state index contributed by atoms with van der Waals surface area (Å²) in [5.41, 5.74) is 8.68. The van der Waals surface area contributed by atoms with Gasteiger partial charge in [0, 0.05) is 24.9 Å². The van der Waals surface area contributed by atoms with Gasteiger partial charge in [0.05, 0.1) is 24.1 Å². The number of ether oxygens (including phenoxy) is 2. The number of aromatic nitrogens is 2. The van der Waals surface area contributed by atoms with Crippen LogP contribution < -0.4 is 20.5 Å². The van der Waals surface area contributed by atoms with Crippen LogP contribution in [-0.2, 0) is 6.54 Å². The smallest absolute Gasteiger partial charge is 0.163 e. The van der Waals surface area contributed by atoms with Crippen LogP contribution in [0.2, 0.25) is 0 Å². The Morgan fingerprint density at radius 3 is 2.75 bits per heavy atom. The molecule has 0 bridgehead atoms. The molecule has 3 N–H and O–H groups in total. The van der Waals surface area contributed by atoms with E-state index >= 15 is 0 Å². The Bertz CT molecular complexity index is 609. The van der Waals surface area contributed by atoms with E-state index in [9.17, 15) is 0 Å². The van der Waals surface area contributed by atoms with Gasteiger partial charge in [0.1, 0.15) is 13.2 Å². The first-order valence-corrected chi connectivity index (χ1v) is 6.64. The summed E-state index contributed by atoms with van der Waals surface area (Å²) in [6.07, 6.45) is 3.85. The predicted molar refractivity (Wildman–Crippen MR) is 77.3 cm³/mol. The number of nitrogens with two attached hydrogens (primary N) is 1. The minimum Gasteiger partial charge on any atom is -0.486 e. The second-order valence-corrected chi connectivity index (χ2v) is 4.79. The molecule has 20 heavy (non-hydrogen) atoms. The van der Waals surface area contributed by atoms with E-state index in [0.29, 0.717) is 24.7 Å². The Morgan fingerprint density at radius 1 is 1.30 bits per heavy atom. The van der Waals surface area contributed by atoms with Crippen LogP contribution in [0.4, 0.5) is 11.4 Å². The number of hydrogen-bond donors (Lipinski definition) is 2. The molecule has 2 aromatic rings. The molecule has 0 aliphatic carbocycles. The van der Waals surface area contributed by atoms with Crippen molar-refractivity contribution >= 4 is 11.4 Å². The Kier molecular flexibility index (Phi) is 3.37. The normalized spacial score (nSPS) is 13.2. The van der Waals surface area contributed by atoms with Crippen molar-refractivity contribution in [2.24, 2.45) is 0 Å². The molecule has 106 valence electrons. The number of fused-ring (bicyclic) bond motifs is 1. The molecule has 0 saturated heterocycles. The van der Waals surface area contributed by atoms with Crippen LogP contribution in [0, 0.1) is 6.92 Å². The number of benzene rings is 1. The maximum atomic E-state index is 6.01. The largest absolute Gasteiger partial charge is 0.486 e. The number of nitrogens with one attached hydrogen (secondary N) is 1. The lowest BCUT2D eigenvalue weighted by Gasteiger charge is -2.20. The third-order valence-electron chi connectivity index (χ3n) is 3.13. The summed E-state index contributed by atoms with van der Waals surface area (Å²) in [7, 11) is 0. The van der Waals surface area contributed by atoms with Gasteiger partial charge in [0.25, 0.3) is 0 Å². The lowest BCUT2D eigenvalue weighted by molar-refractivity contribution is 0.172. The zero-order valence-corrected chi connectivity index (χ0v) is 11.4. The SMILES string of the molecule is Cc1cnn(CCNc2cc3c(cc2N)OCCO3)c1. The van der Waals surface area contributed by atoms with E-state index in [1.54, 1.807) is 6.07 Å². The number of anilines is 2. The molecule has 1 aliphatic heterocycles. The monoisotopic (exact) mass is 274 g/mol. The van der Waals surface area contributed by atoms with Crippen LogP contribution in [-0.4, -0.2) is 29.5 Å². The number of aryl methyl sites for hydroxylation is 1. The number of rotatable bonds is 4. The van der Waals surface area contributed by atoms with Crippen LogP contribution in [0.3, 0.4) is 0 Å². The molecule has 3 rings (SSSR count). The first-order chi connectivity index (χ1) is 9.72. The van der Waals surface area contributed by atoms with Crippen molar-refractivity contribution in [3.63, 3.8) is 0 Å². The van der Waals surface area contributed by atoms with Crippen molar-refractivity contribution in [2.45, 2.75) is 13.5 Å². The zero-order chi connectivity index (χ0) is 13.9. The molecule has 0 radical (unpaired) electrons. The standard InChI is InChI=1S/C14H18N4O2/c1-10-8-17-18(9-10)3-2-16-12-7-14-13(6-11(12)15)19-4-5-20-14/h6-9,16H,2-5,15H2,1H3. The van der Waals surface area contributed by atoms with Crippen LogP contribution in [0.15, 0.2) is 24.5 Å². The lowest BCUT2D eigenvalue weighted by atomic mass is 10.2. The van der Waals surface area contributed by atoms with Crippen molar-refractivity contribution in [1.82, 2.24) is 9.78 Å². The molecule has 0 atom stereocenters. The maximum absolute atomic E-state index is 6.01. The van der Waals surface area contributed by atoms with Gasteiger partial charge in [-0.15, -0.1) is 0 Å². The topological polar surface area (TPSA) is 74.3 Å². The molecule has 6 heteroatoms. The minimum atomic E-state index is 0.567. The molecule has 0 saturated carbocycles. The average Bonchev–Trinajstić information content (AvgIpc) is 2.85. The van der Waals surface area contributed by atoms with Crippen LogP contribution >= 0.6 is 0 Å². The quantitative estimate of drug-likeness (QED) is 0.829. The fraction of sp³-hybridized carbons (Fsp3) is 0.357. The summed E-state index contributed by atoms with van der Waals surface area (Å²) in [4.78, 5) is 0. The molecule has 0 unspecified atom stereocenters. The Hall–Kier alpha value is -2.37. The van der Waals surface area contributed by atoms with Crippen molar-refractivity contribution in [3.8, 4) is 11.5 Å². The highest BCUT2D eigenvalue weighted by atomic mass is 16.6. The molecule has 6 nitrogen and oxygen atoms in total. The summed E-state index contributed by atoms with van der Waals surface area (Å²) in [5, 5.41) is 7.54. The second-order valence-electron chi connectivity index (χ2n) is 4.79. The van der Waals surface area contributed by atoms with Crippen molar-refractivity contribution < 1.29 is 9.47 Å². The second kappa shape index (κ2) is 5.32. The van der Waals surface area contributed by atoms with Gasteiger partial charge < -0.3 is 20.5 Å². The Morgan fingerprint density at radius 2 is 2.05 bits per heavy atom. The van der Waals surface area contributed by atoms with Crippen molar-refractivity contribution in [2.75, 3.05) is 30.8 Å². The fourth-order valence-electron chi connectivity index (χ4n) is 2.15. The molecule has 0 spiro atoms. The van der Waals surface area contributed by atoms with Gasteiger partial charge in [-0.2, -0.15) is 5.10 Å². The summed E-state index contributed by atoms with van der Waals surface area (Å²) in [5.74, 6) is 1.45.